The second-order valence-electron chi connectivity index (χ2n) is 2.76. The zero-order chi connectivity index (χ0) is 9.14. The normalized spacial score (nSPS) is 10.9. The lowest BCUT2D eigenvalue weighted by Gasteiger charge is -2.03. The summed E-state index contributed by atoms with van der Waals surface area (Å²) in [5, 5.41) is 4.16. The van der Waals surface area contributed by atoms with Gasteiger partial charge in [-0.05, 0) is 25.5 Å². The highest BCUT2D eigenvalue weighted by atomic mass is 35.5. The number of nitrogens with two attached hydrogens (primary N) is 1. The van der Waals surface area contributed by atoms with E-state index in [1.54, 1.807) is 6.21 Å². The average Bonchev–Trinajstić information content (AvgIpc) is 2.00. The SMILES string of the molecule is Cc1cc(C)c(Cl)c(C=NN)c1. The van der Waals surface area contributed by atoms with Gasteiger partial charge in [-0.1, -0.05) is 23.2 Å². The first-order valence-electron chi connectivity index (χ1n) is 3.65. The Balaban J connectivity index is 3.27. The third kappa shape index (κ3) is 1.77. The Hall–Kier alpha value is -1.02. The van der Waals surface area contributed by atoms with Crippen molar-refractivity contribution < 1.29 is 0 Å². The molecule has 0 unspecified atom stereocenters. The van der Waals surface area contributed by atoms with Gasteiger partial charge in [-0.3, -0.25) is 0 Å². The van der Waals surface area contributed by atoms with E-state index in [0.29, 0.717) is 0 Å². The van der Waals surface area contributed by atoms with Crippen LogP contribution in [0, 0.1) is 13.8 Å². The molecule has 0 fully saturated rings. The molecule has 2 nitrogen and oxygen atoms in total. The van der Waals surface area contributed by atoms with Crippen LogP contribution in [0.4, 0.5) is 0 Å². The third-order valence-electron chi connectivity index (χ3n) is 1.64. The lowest BCUT2D eigenvalue weighted by Crippen LogP contribution is -1.91. The average molecular weight is 183 g/mol. The van der Waals surface area contributed by atoms with Crippen molar-refractivity contribution in [1.29, 1.82) is 0 Å². The van der Waals surface area contributed by atoms with Crippen molar-refractivity contribution in [3.63, 3.8) is 0 Å². The van der Waals surface area contributed by atoms with Crippen LogP contribution in [-0.2, 0) is 0 Å². The van der Waals surface area contributed by atoms with E-state index in [0.717, 1.165) is 21.7 Å². The molecule has 0 aliphatic carbocycles. The molecular formula is C9H11ClN2. The summed E-state index contributed by atoms with van der Waals surface area (Å²) in [6, 6.07) is 3.97. The van der Waals surface area contributed by atoms with E-state index in [1.165, 1.54) is 0 Å². The summed E-state index contributed by atoms with van der Waals surface area (Å²) in [6.45, 7) is 3.97. The summed E-state index contributed by atoms with van der Waals surface area (Å²) in [4.78, 5) is 0. The third-order valence-corrected chi connectivity index (χ3v) is 2.16. The zero-order valence-electron chi connectivity index (χ0n) is 7.13. The van der Waals surface area contributed by atoms with Crippen molar-refractivity contribution in [2.75, 3.05) is 0 Å². The number of nitrogens with zero attached hydrogens (tertiary/aromatic N) is 1. The fourth-order valence-electron chi connectivity index (χ4n) is 1.16. The highest BCUT2D eigenvalue weighted by Crippen LogP contribution is 2.20. The molecule has 1 aromatic rings. The molecule has 1 rings (SSSR count). The van der Waals surface area contributed by atoms with Crippen molar-refractivity contribution in [2.45, 2.75) is 13.8 Å². The second-order valence-corrected chi connectivity index (χ2v) is 3.14. The topological polar surface area (TPSA) is 38.4 Å². The van der Waals surface area contributed by atoms with Gasteiger partial charge in [0.15, 0.2) is 0 Å². The Labute approximate surface area is 77.0 Å². The molecule has 0 aromatic heterocycles. The van der Waals surface area contributed by atoms with Crippen LogP contribution in [0.2, 0.25) is 5.02 Å². The predicted octanol–water partition coefficient (Wildman–Crippen LogP) is 2.25. The van der Waals surface area contributed by atoms with Crippen LogP contribution < -0.4 is 5.84 Å². The van der Waals surface area contributed by atoms with E-state index in [1.807, 2.05) is 26.0 Å². The minimum Gasteiger partial charge on any atom is -0.323 e. The molecule has 0 spiro atoms. The lowest BCUT2D eigenvalue weighted by atomic mass is 10.1. The number of hydrazone groups is 1. The van der Waals surface area contributed by atoms with Crippen LogP contribution in [0.15, 0.2) is 17.2 Å². The smallest absolute Gasteiger partial charge is 0.0553 e. The van der Waals surface area contributed by atoms with Crippen LogP contribution in [0.1, 0.15) is 16.7 Å². The van der Waals surface area contributed by atoms with E-state index in [9.17, 15) is 0 Å². The standard InChI is InChI=1S/C9H11ClN2/c1-6-3-7(2)9(10)8(4-6)5-12-11/h3-5H,11H2,1-2H3. The number of rotatable bonds is 1. The van der Waals surface area contributed by atoms with Crippen LogP contribution in [-0.4, -0.2) is 6.21 Å². The summed E-state index contributed by atoms with van der Waals surface area (Å²) in [5.74, 6) is 5.04. The van der Waals surface area contributed by atoms with Crippen LogP contribution in [0.5, 0.6) is 0 Å². The van der Waals surface area contributed by atoms with Gasteiger partial charge < -0.3 is 5.84 Å². The highest BCUT2D eigenvalue weighted by Gasteiger charge is 2.01. The van der Waals surface area contributed by atoms with Gasteiger partial charge >= 0.3 is 0 Å². The van der Waals surface area contributed by atoms with Gasteiger partial charge in [-0.15, -0.1) is 0 Å². The van der Waals surface area contributed by atoms with E-state index in [-0.39, 0.29) is 0 Å². The van der Waals surface area contributed by atoms with Gasteiger partial charge in [0.1, 0.15) is 0 Å². The van der Waals surface area contributed by atoms with Crippen LogP contribution >= 0.6 is 11.6 Å². The van der Waals surface area contributed by atoms with E-state index < -0.39 is 0 Å². The minimum atomic E-state index is 0.717. The second kappa shape index (κ2) is 3.59. The number of aryl methyl sites for hydroxylation is 2. The number of hydrogen-bond acceptors (Lipinski definition) is 2. The van der Waals surface area contributed by atoms with E-state index in [2.05, 4.69) is 5.10 Å². The van der Waals surface area contributed by atoms with Gasteiger partial charge in [0, 0.05) is 5.56 Å². The van der Waals surface area contributed by atoms with Gasteiger partial charge in [0.05, 0.1) is 11.2 Å². The maximum atomic E-state index is 6.00. The van der Waals surface area contributed by atoms with Crippen LogP contribution in [0.25, 0.3) is 0 Å². The lowest BCUT2D eigenvalue weighted by molar-refractivity contribution is 1.26. The fourth-order valence-corrected chi connectivity index (χ4v) is 1.31. The van der Waals surface area contributed by atoms with Crippen molar-refractivity contribution in [2.24, 2.45) is 10.9 Å². The van der Waals surface area contributed by atoms with Gasteiger partial charge in [0.25, 0.3) is 0 Å². The van der Waals surface area contributed by atoms with Gasteiger partial charge in [0.2, 0.25) is 0 Å². The number of hydrogen-bond donors (Lipinski definition) is 1. The van der Waals surface area contributed by atoms with Crippen LogP contribution in [0.3, 0.4) is 0 Å². The molecule has 0 atom stereocenters. The monoisotopic (exact) mass is 182 g/mol. The first kappa shape index (κ1) is 9.07. The summed E-state index contributed by atoms with van der Waals surface area (Å²) in [6.07, 6.45) is 1.56. The molecular weight excluding hydrogens is 172 g/mol. The quantitative estimate of drug-likeness (QED) is 0.404. The molecule has 0 saturated heterocycles. The zero-order valence-corrected chi connectivity index (χ0v) is 7.89. The van der Waals surface area contributed by atoms with Crippen molar-refractivity contribution in [3.05, 3.63) is 33.8 Å². The Morgan fingerprint density at radius 3 is 2.67 bits per heavy atom. The van der Waals surface area contributed by atoms with Gasteiger partial charge in [-0.2, -0.15) is 5.10 Å². The molecule has 0 bridgehead atoms. The number of halogens is 1. The molecule has 0 amide bonds. The maximum absolute atomic E-state index is 6.00. The minimum absolute atomic E-state index is 0.717. The molecule has 1 aromatic carbocycles. The highest BCUT2D eigenvalue weighted by molar-refractivity contribution is 6.33. The first-order chi connectivity index (χ1) is 5.65. The summed E-state index contributed by atoms with van der Waals surface area (Å²) in [5.41, 5.74) is 3.08. The molecule has 2 N–H and O–H groups in total. The molecule has 64 valence electrons. The molecule has 12 heavy (non-hydrogen) atoms. The summed E-state index contributed by atoms with van der Waals surface area (Å²) >= 11 is 6.00. The van der Waals surface area contributed by atoms with Crippen molar-refractivity contribution >= 4 is 17.8 Å². The Morgan fingerprint density at radius 1 is 1.42 bits per heavy atom. The molecule has 0 radical (unpaired) electrons. The maximum Gasteiger partial charge on any atom is 0.0553 e. The summed E-state index contributed by atoms with van der Waals surface area (Å²) in [7, 11) is 0. The largest absolute Gasteiger partial charge is 0.323 e. The molecule has 3 heteroatoms. The van der Waals surface area contributed by atoms with Crippen molar-refractivity contribution in [3.8, 4) is 0 Å². The molecule has 0 heterocycles. The molecule has 0 aliphatic rings. The predicted molar refractivity (Wildman–Crippen MR) is 52.7 cm³/mol. The van der Waals surface area contributed by atoms with Gasteiger partial charge in [-0.25, -0.2) is 0 Å². The van der Waals surface area contributed by atoms with E-state index in [4.69, 9.17) is 17.4 Å². The molecule has 0 saturated carbocycles. The Bertz CT molecular complexity index is 319. The Kier molecular flexibility index (Phi) is 2.71. The Morgan fingerprint density at radius 2 is 2.08 bits per heavy atom. The number of benzene rings is 1. The summed E-state index contributed by atoms with van der Waals surface area (Å²) < 4.78 is 0. The van der Waals surface area contributed by atoms with Crippen molar-refractivity contribution in [1.82, 2.24) is 0 Å². The molecule has 0 aliphatic heterocycles. The fraction of sp³-hybridized carbons (Fsp3) is 0.222. The first-order valence-corrected chi connectivity index (χ1v) is 4.03. The van der Waals surface area contributed by atoms with E-state index >= 15 is 0 Å².